The van der Waals surface area contributed by atoms with Crippen LogP contribution in [0.2, 0.25) is 0 Å². The van der Waals surface area contributed by atoms with Crippen molar-refractivity contribution in [2.75, 3.05) is 39.0 Å². The molecule has 1 rings (SSSR count). The van der Waals surface area contributed by atoms with Gasteiger partial charge in [0.2, 0.25) is 11.8 Å². The number of nitrogens with one attached hydrogen (secondary N) is 1. The Kier molecular flexibility index (Phi) is 6.37. The molecule has 0 fully saturated rings. The first-order valence-electron chi connectivity index (χ1n) is 6.62. The van der Waals surface area contributed by atoms with Crippen molar-refractivity contribution in [3.05, 3.63) is 29.8 Å². The zero-order valence-corrected chi connectivity index (χ0v) is 12.6. The Morgan fingerprint density at radius 1 is 1.19 bits per heavy atom. The maximum Gasteiger partial charge on any atom is 0.243 e. The minimum Gasteiger partial charge on any atom is -0.332 e. The topological polar surface area (TPSA) is 76.4 Å². The van der Waals surface area contributed by atoms with E-state index in [4.69, 9.17) is 5.26 Å². The van der Waals surface area contributed by atoms with Crippen LogP contribution >= 0.6 is 0 Å². The van der Waals surface area contributed by atoms with E-state index in [-0.39, 0.29) is 18.4 Å². The lowest BCUT2D eigenvalue weighted by atomic mass is 10.2. The van der Waals surface area contributed by atoms with Crippen molar-refractivity contribution in [1.82, 2.24) is 9.80 Å². The lowest BCUT2D eigenvalue weighted by Gasteiger charge is -2.22. The second-order valence-electron chi connectivity index (χ2n) is 4.98. The van der Waals surface area contributed by atoms with Gasteiger partial charge in [0.25, 0.3) is 0 Å². The molecule has 0 aromatic heterocycles. The molecule has 2 amide bonds. The molecule has 0 aliphatic carbocycles. The van der Waals surface area contributed by atoms with E-state index in [1.54, 1.807) is 24.3 Å². The highest BCUT2D eigenvalue weighted by atomic mass is 16.2. The predicted molar refractivity (Wildman–Crippen MR) is 80.6 cm³/mol. The van der Waals surface area contributed by atoms with E-state index in [1.165, 1.54) is 11.8 Å². The molecule has 0 heterocycles. The number of carbonyl (C=O) groups is 2. The van der Waals surface area contributed by atoms with Crippen molar-refractivity contribution < 1.29 is 9.59 Å². The molecule has 6 heteroatoms. The number of nitriles is 1. The highest BCUT2D eigenvalue weighted by Crippen LogP contribution is 2.08. The zero-order chi connectivity index (χ0) is 15.8. The molecule has 0 spiro atoms. The summed E-state index contributed by atoms with van der Waals surface area (Å²) in [6.07, 6.45) is 0. The van der Waals surface area contributed by atoms with Gasteiger partial charge in [0, 0.05) is 25.7 Å². The van der Waals surface area contributed by atoms with Crippen LogP contribution < -0.4 is 5.32 Å². The third kappa shape index (κ3) is 6.06. The summed E-state index contributed by atoms with van der Waals surface area (Å²) in [5.74, 6) is -0.388. The number of carbonyl (C=O) groups excluding carboxylic acids is 2. The minimum absolute atomic E-state index is 0.0170. The van der Waals surface area contributed by atoms with Gasteiger partial charge in [-0.05, 0) is 38.4 Å². The van der Waals surface area contributed by atoms with Crippen LogP contribution in [0, 0.1) is 11.3 Å². The van der Waals surface area contributed by atoms with Crippen LogP contribution in [0.4, 0.5) is 5.69 Å². The fourth-order valence-corrected chi connectivity index (χ4v) is 1.67. The smallest absolute Gasteiger partial charge is 0.243 e. The van der Waals surface area contributed by atoms with Crippen LogP contribution in [-0.4, -0.2) is 55.3 Å². The summed E-state index contributed by atoms with van der Waals surface area (Å²) in [4.78, 5) is 26.9. The molecule has 0 bridgehead atoms. The monoisotopic (exact) mass is 288 g/mol. The number of amides is 2. The molecule has 0 radical (unpaired) electrons. The van der Waals surface area contributed by atoms with Gasteiger partial charge in [0.15, 0.2) is 0 Å². The average Bonchev–Trinajstić information content (AvgIpc) is 2.43. The summed E-state index contributed by atoms with van der Waals surface area (Å²) in [6.45, 7) is 2.67. The molecule has 1 aromatic carbocycles. The van der Waals surface area contributed by atoms with Gasteiger partial charge in [-0.25, -0.2) is 0 Å². The van der Waals surface area contributed by atoms with Crippen molar-refractivity contribution >= 4 is 17.5 Å². The Labute approximate surface area is 125 Å². The maximum atomic E-state index is 11.9. The van der Waals surface area contributed by atoms with Crippen molar-refractivity contribution in [3.8, 4) is 6.07 Å². The van der Waals surface area contributed by atoms with Crippen LogP contribution in [-0.2, 0) is 9.59 Å². The number of likely N-dealkylation sites (N-methyl/N-ethyl adjacent to an activating group) is 1. The molecule has 1 aromatic rings. The molecule has 1 N–H and O–H groups in total. The Bertz CT molecular complexity index is 532. The molecule has 0 unspecified atom stereocenters. The number of anilines is 1. The van der Waals surface area contributed by atoms with Gasteiger partial charge < -0.3 is 15.1 Å². The van der Waals surface area contributed by atoms with E-state index in [2.05, 4.69) is 5.32 Å². The second-order valence-corrected chi connectivity index (χ2v) is 4.98. The third-order valence-electron chi connectivity index (χ3n) is 2.89. The molecule has 0 atom stereocenters. The van der Waals surface area contributed by atoms with Gasteiger partial charge in [-0.1, -0.05) is 0 Å². The number of nitrogens with zero attached hydrogens (tertiary/aromatic N) is 3. The molecule has 0 aliphatic heterocycles. The van der Waals surface area contributed by atoms with E-state index in [9.17, 15) is 9.59 Å². The first-order chi connectivity index (χ1) is 9.92. The molecule has 0 saturated heterocycles. The van der Waals surface area contributed by atoms with E-state index in [0.29, 0.717) is 24.3 Å². The average molecular weight is 288 g/mol. The molecule has 6 nitrogen and oxygen atoms in total. The van der Waals surface area contributed by atoms with E-state index in [0.717, 1.165) is 0 Å². The summed E-state index contributed by atoms with van der Waals surface area (Å²) < 4.78 is 0. The van der Waals surface area contributed by atoms with Gasteiger partial charge >= 0.3 is 0 Å². The lowest BCUT2D eigenvalue weighted by molar-refractivity contribution is -0.132. The van der Waals surface area contributed by atoms with Crippen molar-refractivity contribution in [1.29, 1.82) is 5.26 Å². The summed E-state index contributed by atoms with van der Waals surface area (Å²) in [6, 6.07) is 8.59. The number of benzene rings is 1. The highest BCUT2D eigenvalue weighted by molar-refractivity contribution is 5.94. The number of rotatable bonds is 6. The summed E-state index contributed by atoms with van der Waals surface area (Å²) in [7, 11) is 3.82. The third-order valence-corrected chi connectivity index (χ3v) is 2.89. The predicted octanol–water partition coefficient (Wildman–Crippen LogP) is 0.907. The van der Waals surface area contributed by atoms with E-state index >= 15 is 0 Å². The first kappa shape index (κ1) is 16.7. The Balaban J connectivity index is 2.56. The SMILES string of the molecule is CC(=O)N(CCN(C)C)CC(=O)Nc1ccc(C#N)cc1. The lowest BCUT2D eigenvalue weighted by Crippen LogP contribution is -2.40. The molecule has 0 aliphatic rings. The van der Waals surface area contributed by atoms with Gasteiger partial charge in [0.05, 0.1) is 18.2 Å². The van der Waals surface area contributed by atoms with E-state index < -0.39 is 0 Å². The number of hydrogen-bond donors (Lipinski definition) is 1. The standard InChI is InChI=1S/C15H20N4O2/c1-12(20)19(9-8-18(2)3)11-15(21)17-14-6-4-13(10-16)5-7-14/h4-7H,8-9,11H2,1-3H3,(H,17,21). The summed E-state index contributed by atoms with van der Waals surface area (Å²) >= 11 is 0. The largest absolute Gasteiger partial charge is 0.332 e. The number of hydrogen-bond acceptors (Lipinski definition) is 4. The molecule has 21 heavy (non-hydrogen) atoms. The van der Waals surface area contributed by atoms with E-state index in [1.807, 2.05) is 25.1 Å². The first-order valence-corrected chi connectivity index (χ1v) is 6.62. The van der Waals surface area contributed by atoms with Gasteiger partial charge in [-0.2, -0.15) is 5.26 Å². The summed E-state index contributed by atoms with van der Waals surface area (Å²) in [5.41, 5.74) is 1.14. The van der Waals surface area contributed by atoms with Gasteiger partial charge in [-0.3, -0.25) is 9.59 Å². The fraction of sp³-hybridized carbons (Fsp3) is 0.400. The Hall–Kier alpha value is -2.39. The molecular weight excluding hydrogens is 268 g/mol. The van der Waals surface area contributed by atoms with Crippen LogP contribution in [0.3, 0.4) is 0 Å². The minimum atomic E-state index is -0.256. The highest BCUT2D eigenvalue weighted by Gasteiger charge is 2.13. The van der Waals surface area contributed by atoms with Gasteiger partial charge in [0.1, 0.15) is 0 Å². The van der Waals surface area contributed by atoms with Crippen LogP contribution in [0.5, 0.6) is 0 Å². The second kappa shape index (κ2) is 8.02. The Morgan fingerprint density at radius 3 is 2.29 bits per heavy atom. The normalized spacial score (nSPS) is 10.0. The molecule has 0 saturated carbocycles. The van der Waals surface area contributed by atoms with Crippen LogP contribution in [0.25, 0.3) is 0 Å². The van der Waals surface area contributed by atoms with Crippen molar-refractivity contribution in [2.45, 2.75) is 6.92 Å². The van der Waals surface area contributed by atoms with Gasteiger partial charge in [-0.15, -0.1) is 0 Å². The fourth-order valence-electron chi connectivity index (χ4n) is 1.67. The summed E-state index contributed by atoms with van der Waals surface area (Å²) in [5, 5.41) is 11.4. The van der Waals surface area contributed by atoms with Crippen LogP contribution in [0.15, 0.2) is 24.3 Å². The van der Waals surface area contributed by atoms with Crippen LogP contribution in [0.1, 0.15) is 12.5 Å². The van der Waals surface area contributed by atoms with Crippen molar-refractivity contribution in [2.24, 2.45) is 0 Å². The molecular formula is C15H20N4O2. The van der Waals surface area contributed by atoms with Crippen molar-refractivity contribution in [3.63, 3.8) is 0 Å². The maximum absolute atomic E-state index is 11.9. The Morgan fingerprint density at radius 2 is 1.81 bits per heavy atom. The quantitative estimate of drug-likeness (QED) is 0.844. The molecule has 112 valence electrons. The zero-order valence-electron chi connectivity index (χ0n) is 12.6.